The van der Waals surface area contributed by atoms with Gasteiger partial charge in [0.25, 0.3) is 5.56 Å². The fourth-order valence-electron chi connectivity index (χ4n) is 4.49. The SMILES string of the molecule is C[C@@H]1CCc2c(sc3nc(CSc4nnc(-c5ccccc5)n4Cc4ccco4)[nH]c(=O)c23)C1. The van der Waals surface area contributed by atoms with Crippen LogP contribution >= 0.6 is 23.1 Å². The van der Waals surface area contributed by atoms with Gasteiger partial charge in [0.1, 0.15) is 16.4 Å². The van der Waals surface area contributed by atoms with Crippen molar-refractivity contribution < 1.29 is 4.42 Å². The second-order valence-electron chi connectivity index (χ2n) is 8.67. The second-order valence-corrected chi connectivity index (χ2v) is 10.7. The molecule has 1 atom stereocenters. The Bertz CT molecular complexity index is 1500. The predicted octanol–water partition coefficient (Wildman–Crippen LogP) is 5.30. The molecule has 0 saturated heterocycles. The van der Waals surface area contributed by atoms with Gasteiger partial charge in [0.05, 0.1) is 23.9 Å². The van der Waals surface area contributed by atoms with Crippen molar-refractivity contribution in [1.82, 2.24) is 24.7 Å². The maximum absolute atomic E-state index is 12.9. The number of H-pyrrole nitrogens is 1. The van der Waals surface area contributed by atoms with Crippen molar-refractivity contribution in [2.45, 2.75) is 43.6 Å². The van der Waals surface area contributed by atoms with Gasteiger partial charge in [-0.3, -0.25) is 9.36 Å². The molecule has 1 N–H and O–H groups in total. The summed E-state index contributed by atoms with van der Waals surface area (Å²) in [7, 11) is 0. The van der Waals surface area contributed by atoms with Gasteiger partial charge < -0.3 is 9.40 Å². The molecule has 0 radical (unpaired) electrons. The topological polar surface area (TPSA) is 89.6 Å². The first-order valence-corrected chi connectivity index (χ1v) is 13.1. The van der Waals surface area contributed by atoms with Crippen molar-refractivity contribution in [3.63, 3.8) is 0 Å². The van der Waals surface area contributed by atoms with Gasteiger partial charge >= 0.3 is 0 Å². The van der Waals surface area contributed by atoms with Gasteiger partial charge in [-0.2, -0.15) is 0 Å². The second kappa shape index (κ2) is 8.88. The minimum Gasteiger partial charge on any atom is -0.467 e. The number of hydrogen-bond donors (Lipinski definition) is 1. The number of thioether (sulfide) groups is 1. The van der Waals surface area contributed by atoms with Crippen LogP contribution in [-0.4, -0.2) is 24.7 Å². The molecule has 4 aromatic heterocycles. The van der Waals surface area contributed by atoms with Crippen LogP contribution < -0.4 is 5.56 Å². The molecule has 4 heterocycles. The Kier molecular flexibility index (Phi) is 5.58. The van der Waals surface area contributed by atoms with Crippen molar-refractivity contribution in [3.8, 4) is 11.4 Å². The molecule has 6 rings (SSSR count). The summed E-state index contributed by atoms with van der Waals surface area (Å²) in [5.41, 5.74) is 2.16. The molecule has 0 aliphatic heterocycles. The van der Waals surface area contributed by atoms with E-state index in [0.717, 1.165) is 51.8 Å². The van der Waals surface area contributed by atoms with Crippen LogP contribution in [0, 0.1) is 5.92 Å². The summed E-state index contributed by atoms with van der Waals surface area (Å²) in [6.07, 6.45) is 4.80. The van der Waals surface area contributed by atoms with E-state index < -0.39 is 0 Å². The van der Waals surface area contributed by atoms with Gasteiger partial charge in [-0.05, 0) is 42.9 Å². The quantitative estimate of drug-likeness (QED) is 0.326. The van der Waals surface area contributed by atoms with Crippen molar-refractivity contribution >= 4 is 33.3 Å². The summed E-state index contributed by atoms with van der Waals surface area (Å²) in [5, 5.41) is 10.4. The largest absolute Gasteiger partial charge is 0.467 e. The summed E-state index contributed by atoms with van der Waals surface area (Å²) in [4.78, 5) is 23.0. The lowest BCUT2D eigenvalue weighted by molar-refractivity contribution is 0.485. The molecule has 0 saturated carbocycles. The van der Waals surface area contributed by atoms with Gasteiger partial charge in [-0.25, -0.2) is 4.98 Å². The Morgan fingerprint density at radius 2 is 2.09 bits per heavy atom. The first-order chi connectivity index (χ1) is 16.7. The van der Waals surface area contributed by atoms with Crippen LogP contribution in [0.15, 0.2) is 63.1 Å². The number of hydrogen-bond acceptors (Lipinski definition) is 7. The van der Waals surface area contributed by atoms with E-state index in [1.54, 1.807) is 17.6 Å². The minimum atomic E-state index is -0.0327. The third-order valence-electron chi connectivity index (χ3n) is 6.20. The summed E-state index contributed by atoms with van der Waals surface area (Å²) >= 11 is 3.18. The van der Waals surface area contributed by atoms with Crippen molar-refractivity contribution in [3.05, 3.63) is 81.1 Å². The molecule has 7 nitrogen and oxygen atoms in total. The summed E-state index contributed by atoms with van der Waals surface area (Å²) in [6, 6.07) is 13.8. The molecule has 1 aliphatic rings. The number of furan rings is 1. The van der Waals surface area contributed by atoms with Crippen LogP contribution in [0.25, 0.3) is 21.6 Å². The fraction of sp³-hybridized carbons (Fsp3) is 0.280. The van der Waals surface area contributed by atoms with Crippen LogP contribution in [0.4, 0.5) is 0 Å². The molecular formula is C25H23N5O2S2. The molecule has 0 bridgehead atoms. The monoisotopic (exact) mass is 489 g/mol. The molecular weight excluding hydrogens is 466 g/mol. The summed E-state index contributed by atoms with van der Waals surface area (Å²) in [6.45, 7) is 2.79. The smallest absolute Gasteiger partial charge is 0.259 e. The maximum Gasteiger partial charge on any atom is 0.259 e. The van der Waals surface area contributed by atoms with Crippen molar-refractivity contribution in [1.29, 1.82) is 0 Å². The lowest BCUT2D eigenvalue weighted by Crippen LogP contribution is -2.14. The normalized spacial score (nSPS) is 15.6. The lowest BCUT2D eigenvalue weighted by atomic mass is 9.89. The van der Waals surface area contributed by atoms with E-state index in [-0.39, 0.29) is 5.56 Å². The number of benzene rings is 1. The standard InChI is InChI=1S/C25H23N5O2S2/c1-15-9-10-18-19(12-15)34-24-21(18)23(31)26-20(27-24)14-33-25-29-28-22(16-6-3-2-4-7-16)30(25)13-17-8-5-11-32-17/h2-8,11,15H,9-10,12-14H2,1H3,(H,26,27,31)/t15-/m1/s1. The number of aromatic nitrogens is 5. The van der Waals surface area contributed by atoms with Gasteiger partial charge in [0.2, 0.25) is 0 Å². The molecule has 34 heavy (non-hydrogen) atoms. The number of aromatic amines is 1. The predicted molar refractivity (Wildman–Crippen MR) is 134 cm³/mol. The fourth-order valence-corrected chi connectivity index (χ4v) is 6.70. The first-order valence-electron chi connectivity index (χ1n) is 11.3. The molecule has 0 fully saturated rings. The Hall–Kier alpha value is -3.17. The van der Waals surface area contributed by atoms with Gasteiger partial charge in [-0.15, -0.1) is 21.5 Å². The highest BCUT2D eigenvalue weighted by atomic mass is 32.2. The van der Waals surface area contributed by atoms with Crippen LogP contribution in [0.2, 0.25) is 0 Å². The van der Waals surface area contributed by atoms with Crippen LogP contribution in [0.5, 0.6) is 0 Å². The molecule has 1 aromatic carbocycles. The van der Waals surface area contributed by atoms with E-state index in [4.69, 9.17) is 9.40 Å². The highest BCUT2D eigenvalue weighted by Gasteiger charge is 2.23. The van der Waals surface area contributed by atoms with Gasteiger partial charge in [0.15, 0.2) is 11.0 Å². The zero-order valence-corrected chi connectivity index (χ0v) is 20.3. The Morgan fingerprint density at radius 3 is 2.91 bits per heavy atom. The number of aryl methyl sites for hydroxylation is 1. The average molecular weight is 490 g/mol. The van der Waals surface area contributed by atoms with E-state index in [1.807, 2.05) is 47.0 Å². The highest BCUT2D eigenvalue weighted by molar-refractivity contribution is 7.98. The number of fused-ring (bicyclic) bond motifs is 3. The Labute approximate surface area is 204 Å². The Morgan fingerprint density at radius 1 is 1.21 bits per heavy atom. The molecule has 9 heteroatoms. The van der Waals surface area contributed by atoms with E-state index in [0.29, 0.717) is 24.0 Å². The lowest BCUT2D eigenvalue weighted by Gasteiger charge is -2.17. The van der Waals surface area contributed by atoms with E-state index >= 15 is 0 Å². The average Bonchev–Trinajstić information content (AvgIpc) is 3.57. The molecule has 0 spiro atoms. The van der Waals surface area contributed by atoms with Crippen LogP contribution in [0.1, 0.15) is 35.4 Å². The number of nitrogens with one attached hydrogen (secondary N) is 1. The van der Waals surface area contributed by atoms with Gasteiger partial charge in [-0.1, -0.05) is 49.0 Å². The van der Waals surface area contributed by atoms with E-state index in [9.17, 15) is 4.79 Å². The zero-order valence-electron chi connectivity index (χ0n) is 18.7. The number of nitrogens with zero attached hydrogens (tertiary/aromatic N) is 4. The van der Waals surface area contributed by atoms with Crippen LogP contribution in [-0.2, 0) is 25.1 Å². The van der Waals surface area contributed by atoms with E-state index in [2.05, 4.69) is 22.1 Å². The summed E-state index contributed by atoms with van der Waals surface area (Å²) < 4.78 is 7.62. The zero-order chi connectivity index (χ0) is 23.1. The first kappa shape index (κ1) is 21.4. The molecule has 0 amide bonds. The third kappa shape index (κ3) is 3.99. The summed E-state index contributed by atoms with van der Waals surface area (Å²) in [5.74, 6) is 3.41. The minimum absolute atomic E-state index is 0.0327. The van der Waals surface area contributed by atoms with Crippen LogP contribution in [0.3, 0.4) is 0 Å². The molecule has 1 aliphatic carbocycles. The third-order valence-corrected chi connectivity index (χ3v) is 8.32. The molecule has 5 aromatic rings. The molecule has 0 unspecified atom stereocenters. The van der Waals surface area contributed by atoms with E-state index in [1.165, 1.54) is 22.2 Å². The van der Waals surface area contributed by atoms with Gasteiger partial charge in [0, 0.05) is 10.4 Å². The Balaban J connectivity index is 1.31. The van der Waals surface area contributed by atoms with Crippen molar-refractivity contribution in [2.75, 3.05) is 0 Å². The highest BCUT2D eigenvalue weighted by Crippen LogP contribution is 2.36. The number of thiophene rings is 1. The van der Waals surface area contributed by atoms with Crippen molar-refractivity contribution in [2.24, 2.45) is 5.92 Å². The molecule has 172 valence electrons. The maximum atomic E-state index is 12.9. The number of rotatable bonds is 6.